The van der Waals surface area contributed by atoms with E-state index in [9.17, 15) is 9.90 Å². The summed E-state index contributed by atoms with van der Waals surface area (Å²) in [5.41, 5.74) is 1.19. The monoisotopic (exact) mass is 264 g/mol. The quantitative estimate of drug-likeness (QED) is 0.716. The van der Waals surface area contributed by atoms with Crippen LogP contribution in [0.3, 0.4) is 0 Å². The van der Waals surface area contributed by atoms with E-state index in [1.54, 1.807) is 25.1 Å². The van der Waals surface area contributed by atoms with E-state index in [0.29, 0.717) is 18.9 Å². The van der Waals surface area contributed by atoms with Crippen molar-refractivity contribution in [3.63, 3.8) is 0 Å². The Bertz CT molecular complexity index is 462. The van der Waals surface area contributed by atoms with E-state index in [1.807, 2.05) is 6.92 Å². The minimum atomic E-state index is -0.222. The van der Waals surface area contributed by atoms with Crippen LogP contribution in [-0.2, 0) is 9.53 Å². The summed E-state index contributed by atoms with van der Waals surface area (Å²) in [4.78, 5) is 12.2. The zero-order valence-electron chi connectivity index (χ0n) is 11.3. The van der Waals surface area contributed by atoms with E-state index in [1.165, 1.54) is 0 Å². The van der Waals surface area contributed by atoms with Crippen molar-refractivity contribution in [3.8, 4) is 5.75 Å². The molecule has 5 nitrogen and oxygen atoms in total. The van der Waals surface area contributed by atoms with Crippen molar-refractivity contribution in [3.05, 3.63) is 23.8 Å². The molecule has 2 unspecified atom stereocenters. The Morgan fingerprint density at radius 3 is 3.00 bits per heavy atom. The molecule has 0 spiro atoms. The summed E-state index contributed by atoms with van der Waals surface area (Å²) in [7, 11) is 0. The number of para-hydroxylation sites is 1. The van der Waals surface area contributed by atoms with E-state index in [2.05, 4.69) is 10.6 Å². The van der Waals surface area contributed by atoms with Crippen LogP contribution in [-0.4, -0.2) is 36.8 Å². The lowest BCUT2D eigenvalue weighted by atomic mass is 10.0. The number of amides is 1. The van der Waals surface area contributed by atoms with E-state index >= 15 is 0 Å². The van der Waals surface area contributed by atoms with Crippen molar-refractivity contribution >= 4 is 11.6 Å². The number of benzene rings is 1. The number of hydrogen-bond donors (Lipinski definition) is 3. The minimum Gasteiger partial charge on any atom is -0.505 e. The highest BCUT2D eigenvalue weighted by atomic mass is 16.5. The lowest BCUT2D eigenvalue weighted by Crippen LogP contribution is -2.41. The first-order chi connectivity index (χ1) is 9.13. The van der Waals surface area contributed by atoms with Gasteiger partial charge < -0.3 is 20.5 Å². The number of ether oxygens (including phenoxy) is 1. The molecule has 3 N–H and O–H groups in total. The minimum absolute atomic E-state index is 0.0388. The van der Waals surface area contributed by atoms with E-state index in [-0.39, 0.29) is 23.6 Å². The zero-order valence-corrected chi connectivity index (χ0v) is 11.3. The standard InChI is InChI=1S/C14H20N2O3/c1-3-15-12-8-19-7-10(12)14(18)16-11-6-4-5-9(2)13(11)17/h4-6,10,12,15,17H,3,7-8H2,1-2H3,(H,16,18). The van der Waals surface area contributed by atoms with Crippen LogP contribution in [0.5, 0.6) is 5.75 Å². The number of aromatic hydroxyl groups is 1. The Kier molecular flexibility index (Phi) is 4.39. The summed E-state index contributed by atoms with van der Waals surface area (Å²) in [6, 6.07) is 5.33. The van der Waals surface area contributed by atoms with Crippen molar-refractivity contribution in [2.24, 2.45) is 5.92 Å². The molecule has 104 valence electrons. The maximum absolute atomic E-state index is 12.2. The van der Waals surface area contributed by atoms with Gasteiger partial charge >= 0.3 is 0 Å². The van der Waals surface area contributed by atoms with Crippen LogP contribution in [0.25, 0.3) is 0 Å². The molecule has 1 aliphatic rings. The number of anilines is 1. The number of aryl methyl sites for hydroxylation is 1. The molecule has 0 bridgehead atoms. The van der Waals surface area contributed by atoms with Gasteiger partial charge in [-0.15, -0.1) is 0 Å². The molecule has 1 aromatic carbocycles. The smallest absolute Gasteiger partial charge is 0.231 e. The Labute approximate surface area is 113 Å². The topological polar surface area (TPSA) is 70.6 Å². The predicted molar refractivity (Wildman–Crippen MR) is 73.2 cm³/mol. The van der Waals surface area contributed by atoms with Gasteiger partial charge in [0.25, 0.3) is 0 Å². The summed E-state index contributed by atoms with van der Waals surface area (Å²) in [6.45, 7) is 5.56. The van der Waals surface area contributed by atoms with Crippen molar-refractivity contribution < 1.29 is 14.6 Å². The van der Waals surface area contributed by atoms with Crippen LogP contribution < -0.4 is 10.6 Å². The Morgan fingerprint density at radius 1 is 1.47 bits per heavy atom. The number of phenols is 1. The van der Waals surface area contributed by atoms with Gasteiger partial charge in [-0.25, -0.2) is 0 Å². The molecule has 1 amide bonds. The molecular formula is C14H20N2O3. The first-order valence-electron chi connectivity index (χ1n) is 6.54. The summed E-state index contributed by atoms with van der Waals surface area (Å²) in [6.07, 6.45) is 0. The van der Waals surface area contributed by atoms with E-state index in [0.717, 1.165) is 12.1 Å². The fourth-order valence-electron chi connectivity index (χ4n) is 2.26. The largest absolute Gasteiger partial charge is 0.505 e. The highest BCUT2D eigenvalue weighted by Crippen LogP contribution is 2.27. The number of carbonyl (C=O) groups is 1. The van der Waals surface area contributed by atoms with Crippen molar-refractivity contribution in [2.75, 3.05) is 25.1 Å². The Morgan fingerprint density at radius 2 is 2.26 bits per heavy atom. The highest BCUT2D eigenvalue weighted by molar-refractivity contribution is 5.94. The first-order valence-corrected chi connectivity index (χ1v) is 6.54. The van der Waals surface area contributed by atoms with Gasteiger partial charge in [-0.3, -0.25) is 4.79 Å². The fourth-order valence-corrected chi connectivity index (χ4v) is 2.26. The molecule has 1 aliphatic heterocycles. The van der Waals surface area contributed by atoms with Crippen molar-refractivity contribution in [1.82, 2.24) is 5.32 Å². The fraction of sp³-hybridized carbons (Fsp3) is 0.500. The molecule has 0 aliphatic carbocycles. The molecule has 19 heavy (non-hydrogen) atoms. The Balaban J connectivity index is 2.06. The van der Waals surface area contributed by atoms with Crippen LogP contribution in [0, 0.1) is 12.8 Å². The van der Waals surface area contributed by atoms with Gasteiger partial charge in [0, 0.05) is 6.04 Å². The average Bonchev–Trinajstić information content (AvgIpc) is 2.84. The average molecular weight is 264 g/mol. The number of rotatable bonds is 4. The molecule has 1 saturated heterocycles. The second kappa shape index (κ2) is 6.04. The maximum Gasteiger partial charge on any atom is 0.231 e. The number of phenolic OH excluding ortho intramolecular Hbond substituents is 1. The lowest BCUT2D eigenvalue weighted by Gasteiger charge is -2.18. The zero-order chi connectivity index (χ0) is 13.8. The molecule has 2 atom stereocenters. The lowest BCUT2D eigenvalue weighted by molar-refractivity contribution is -0.120. The molecule has 1 fully saturated rings. The second-order valence-corrected chi connectivity index (χ2v) is 4.77. The second-order valence-electron chi connectivity index (χ2n) is 4.77. The van der Waals surface area contributed by atoms with Gasteiger partial charge in [-0.1, -0.05) is 19.1 Å². The van der Waals surface area contributed by atoms with Crippen molar-refractivity contribution in [1.29, 1.82) is 0 Å². The van der Waals surface area contributed by atoms with E-state index in [4.69, 9.17) is 4.74 Å². The predicted octanol–water partition coefficient (Wildman–Crippen LogP) is 1.26. The van der Waals surface area contributed by atoms with Crippen LogP contribution in [0.15, 0.2) is 18.2 Å². The molecule has 1 aromatic rings. The molecule has 5 heteroatoms. The molecule has 0 radical (unpaired) electrons. The number of carbonyl (C=O) groups excluding carboxylic acids is 1. The summed E-state index contributed by atoms with van der Waals surface area (Å²) in [5.74, 6) is -0.223. The Hall–Kier alpha value is -1.59. The molecule has 0 aromatic heterocycles. The third-order valence-electron chi connectivity index (χ3n) is 3.38. The third-order valence-corrected chi connectivity index (χ3v) is 3.38. The molecule has 2 rings (SSSR count). The normalized spacial score (nSPS) is 22.4. The van der Waals surface area contributed by atoms with Crippen molar-refractivity contribution in [2.45, 2.75) is 19.9 Å². The maximum atomic E-state index is 12.2. The SMILES string of the molecule is CCNC1COCC1C(=O)Nc1cccc(C)c1O. The molecule has 0 saturated carbocycles. The number of hydrogen-bond acceptors (Lipinski definition) is 4. The van der Waals surface area contributed by atoms with Gasteiger partial charge in [0.05, 0.1) is 24.8 Å². The van der Waals surface area contributed by atoms with Gasteiger partial charge in [0.2, 0.25) is 5.91 Å². The summed E-state index contributed by atoms with van der Waals surface area (Å²) >= 11 is 0. The first kappa shape index (κ1) is 13.8. The summed E-state index contributed by atoms with van der Waals surface area (Å²) in [5, 5.41) is 15.9. The van der Waals surface area contributed by atoms with Gasteiger partial charge in [0.1, 0.15) is 5.75 Å². The van der Waals surface area contributed by atoms with E-state index < -0.39 is 0 Å². The molecule has 1 heterocycles. The molecular weight excluding hydrogens is 244 g/mol. The van der Waals surface area contributed by atoms with Gasteiger partial charge in [-0.05, 0) is 25.1 Å². The highest BCUT2D eigenvalue weighted by Gasteiger charge is 2.33. The summed E-state index contributed by atoms with van der Waals surface area (Å²) < 4.78 is 5.35. The third kappa shape index (κ3) is 3.05. The number of likely N-dealkylation sites (N-methyl/N-ethyl adjacent to an activating group) is 1. The van der Waals surface area contributed by atoms with Crippen LogP contribution in [0.1, 0.15) is 12.5 Å². The van der Waals surface area contributed by atoms with Crippen LogP contribution in [0.4, 0.5) is 5.69 Å². The van der Waals surface area contributed by atoms with Gasteiger partial charge in [0.15, 0.2) is 0 Å². The number of nitrogens with one attached hydrogen (secondary N) is 2. The van der Waals surface area contributed by atoms with Crippen LogP contribution in [0.2, 0.25) is 0 Å². The van der Waals surface area contributed by atoms with Crippen LogP contribution >= 0.6 is 0 Å². The van der Waals surface area contributed by atoms with Gasteiger partial charge in [-0.2, -0.15) is 0 Å².